The number of fused-ring (bicyclic) bond motifs is 1. The van der Waals surface area contributed by atoms with Gasteiger partial charge in [0.1, 0.15) is 17.1 Å². The second-order valence-electron chi connectivity index (χ2n) is 8.85. The van der Waals surface area contributed by atoms with E-state index in [1.54, 1.807) is 36.3 Å². The van der Waals surface area contributed by atoms with Crippen molar-refractivity contribution >= 4 is 34.7 Å². The molecular formula is C22H28N6O3. The van der Waals surface area contributed by atoms with E-state index < -0.39 is 5.41 Å². The topological polar surface area (TPSA) is 100 Å². The fraction of sp³-hybridized carbons (Fsp3) is 0.500. The van der Waals surface area contributed by atoms with Gasteiger partial charge in [-0.25, -0.2) is 4.98 Å². The fourth-order valence-electron chi connectivity index (χ4n) is 4.48. The van der Waals surface area contributed by atoms with Gasteiger partial charge in [0.05, 0.1) is 18.7 Å². The number of hydrogen-bond acceptors (Lipinski definition) is 8. The summed E-state index contributed by atoms with van der Waals surface area (Å²) in [6.45, 7) is 4.57. The SMILES string of the molecule is COc1cc(N=O)cc(Nc2ncc3c(n2)N(C2CCCC2)CC(C)(C)C(=O)N3C)c1. The first-order valence-electron chi connectivity index (χ1n) is 10.5. The Bertz CT molecular complexity index is 1000. The first kappa shape index (κ1) is 21.0. The number of nitrogens with one attached hydrogen (secondary N) is 1. The van der Waals surface area contributed by atoms with Gasteiger partial charge >= 0.3 is 0 Å². The highest BCUT2D eigenvalue weighted by atomic mass is 16.5. The van der Waals surface area contributed by atoms with Crippen molar-refractivity contribution in [3.63, 3.8) is 0 Å². The van der Waals surface area contributed by atoms with E-state index in [2.05, 4.69) is 20.4 Å². The molecule has 1 aliphatic heterocycles. The molecule has 164 valence electrons. The Balaban J connectivity index is 1.75. The van der Waals surface area contributed by atoms with Gasteiger partial charge in [0.25, 0.3) is 0 Å². The number of ether oxygens (including phenoxy) is 1. The van der Waals surface area contributed by atoms with Crippen molar-refractivity contribution in [3.05, 3.63) is 29.3 Å². The van der Waals surface area contributed by atoms with Gasteiger partial charge in [0.2, 0.25) is 11.9 Å². The molecule has 2 aliphatic rings. The Morgan fingerprint density at radius 3 is 2.65 bits per heavy atom. The highest BCUT2D eigenvalue weighted by Crippen LogP contribution is 2.40. The average Bonchev–Trinajstić information content (AvgIpc) is 3.28. The molecule has 1 fully saturated rings. The zero-order valence-corrected chi connectivity index (χ0v) is 18.4. The summed E-state index contributed by atoms with van der Waals surface area (Å²) in [6, 6.07) is 5.26. The van der Waals surface area contributed by atoms with Gasteiger partial charge in [-0.3, -0.25) is 4.79 Å². The number of aromatic nitrogens is 2. The highest BCUT2D eigenvalue weighted by Gasteiger charge is 2.41. The van der Waals surface area contributed by atoms with Gasteiger partial charge < -0.3 is 19.9 Å². The van der Waals surface area contributed by atoms with Gasteiger partial charge in [0, 0.05) is 37.5 Å². The van der Waals surface area contributed by atoms with Crippen molar-refractivity contribution < 1.29 is 9.53 Å². The molecule has 9 heteroatoms. The molecule has 0 atom stereocenters. The number of nitroso groups, excluding NO2 is 1. The summed E-state index contributed by atoms with van der Waals surface area (Å²) in [4.78, 5) is 37.3. The number of benzene rings is 1. The minimum absolute atomic E-state index is 0.0491. The summed E-state index contributed by atoms with van der Waals surface area (Å²) in [6.07, 6.45) is 6.23. The molecule has 2 heterocycles. The number of amides is 1. The van der Waals surface area contributed by atoms with Crippen molar-refractivity contribution in [2.75, 3.05) is 35.8 Å². The normalized spacial score (nSPS) is 18.5. The van der Waals surface area contributed by atoms with E-state index in [1.165, 1.54) is 20.0 Å². The second-order valence-corrected chi connectivity index (χ2v) is 8.85. The van der Waals surface area contributed by atoms with Crippen molar-refractivity contribution in [2.45, 2.75) is 45.6 Å². The van der Waals surface area contributed by atoms with Crippen LogP contribution >= 0.6 is 0 Å². The van der Waals surface area contributed by atoms with Crippen LogP contribution in [0.1, 0.15) is 39.5 Å². The molecule has 0 radical (unpaired) electrons. The Morgan fingerprint density at radius 1 is 1.23 bits per heavy atom. The van der Waals surface area contributed by atoms with E-state index in [0.717, 1.165) is 18.7 Å². The number of methoxy groups -OCH3 is 1. The molecule has 1 N–H and O–H groups in total. The van der Waals surface area contributed by atoms with Crippen LogP contribution < -0.4 is 19.9 Å². The highest BCUT2D eigenvalue weighted by molar-refractivity contribution is 6.00. The summed E-state index contributed by atoms with van der Waals surface area (Å²) < 4.78 is 5.24. The fourth-order valence-corrected chi connectivity index (χ4v) is 4.48. The van der Waals surface area contributed by atoms with Gasteiger partial charge in [-0.1, -0.05) is 12.8 Å². The average molecular weight is 425 g/mol. The third kappa shape index (κ3) is 4.04. The minimum Gasteiger partial charge on any atom is -0.497 e. The Kier molecular flexibility index (Phi) is 5.51. The standard InChI is InChI=1S/C22H28N6O3/c1-22(2)13-28(16-7-5-6-8-16)19-18(27(3)20(22)29)12-23-21(25-19)24-14-9-15(26-30)11-17(10-14)31-4/h9-12,16H,5-8,13H2,1-4H3,(H,23,24,25). The third-order valence-corrected chi connectivity index (χ3v) is 6.09. The molecular weight excluding hydrogens is 396 g/mol. The van der Waals surface area contributed by atoms with E-state index in [4.69, 9.17) is 9.72 Å². The van der Waals surface area contributed by atoms with Crippen LogP contribution in [0.5, 0.6) is 5.75 Å². The van der Waals surface area contributed by atoms with Crippen LogP contribution in [0.4, 0.5) is 28.8 Å². The van der Waals surface area contributed by atoms with Gasteiger partial charge in [-0.15, -0.1) is 4.91 Å². The second kappa shape index (κ2) is 8.13. The number of nitrogens with zero attached hydrogens (tertiary/aromatic N) is 5. The first-order chi connectivity index (χ1) is 14.8. The van der Waals surface area contributed by atoms with Crippen LogP contribution in [0.3, 0.4) is 0 Å². The molecule has 1 aliphatic carbocycles. The maximum absolute atomic E-state index is 13.1. The predicted octanol–water partition coefficient (Wildman–Crippen LogP) is 4.38. The summed E-state index contributed by atoms with van der Waals surface area (Å²) in [5.74, 6) is 1.69. The Morgan fingerprint density at radius 2 is 1.97 bits per heavy atom. The lowest BCUT2D eigenvalue weighted by molar-refractivity contribution is -0.125. The number of hydrogen-bond donors (Lipinski definition) is 1. The number of carbonyl (C=O) groups excluding carboxylic acids is 1. The van der Waals surface area contributed by atoms with Gasteiger partial charge in [0.15, 0.2) is 5.82 Å². The largest absolute Gasteiger partial charge is 0.497 e. The summed E-state index contributed by atoms with van der Waals surface area (Å²) in [5, 5.41) is 6.15. The van der Waals surface area contributed by atoms with E-state index in [0.29, 0.717) is 35.7 Å². The molecule has 1 amide bonds. The van der Waals surface area contributed by atoms with E-state index in [1.807, 2.05) is 13.8 Å². The summed E-state index contributed by atoms with van der Waals surface area (Å²) >= 11 is 0. The van der Waals surface area contributed by atoms with E-state index in [9.17, 15) is 9.70 Å². The summed E-state index contributed by atoms with van der Waals surface area (Å²) in [7, 11) is 3.31. The molecule has 0 spiro atoms. The van der Waals surface area contributed by atoms with Crippen LogP contribution in [0.15, 0.2) is 29.6 Å². The molecule has 1 aromatic heterocycles. The maximum Gasteiger partial charge on any atom is 0.234 e. The molecule has 0 unspecified atom stereocenters. The Labute approximate surface area is 181 Å². The van der Waals surface area contributed by atoms with Crippen LogP contribution in [-0.4, -0.2) is 42.6 Å². The van der Waals surface area contributed by atoms with Crippen LogP contribution in [0.25, 0.3) is 0 Å². The molecule has 31 heavy (non-hydrogen) atoms. The minimum atomic E-state index is -0.539. The summed E-state index contributed by atoms with van der Waals surface area (Å²) in [5.41, 5.74) is 1.01. The first-order valence-corrected chi connectivity index (χ1v) is 10.5. The number of anilines is 4. The van der Waals surface area contributed by atoms with Crippen LogP contribution in [0, 0.1) is 10.3 Å². The van der Waals surface area contributed by atoms with Crippen molar-refractivity contribution in [2.24, 2.45) is 10.6 Å². The third-order valence-electron chi connectivity index (χ3n) is 6.09. The predicted molar refractivity (Wildman–Crippen MR) is 121 cm³/mol. The monoisotopic (exact) mass is 424 g/mol. The molecule has 2 aromatic rings. The lowest BCUT2D eigenvalue weighted by Gasteiger charge is -2.34. The molecule has 9 nitrogen and oxygen atoms in total. The van der Waals surface area contributed by atoms with Crippen LogP contribution in [-0.2, 0) is 4.79 Å². The lowest BCUT2D eigenvalue weighted by Crippen LogP contribution is -2.45. The van der Waals surface area contributed by atoms with Gasteiger partial charge in [-0.05, 0) is 37.9 Å². The van der Waals surface area contributed by atoms with Crippen molar-refractivity contribution in [1.29, 1.82) is 0 Å². The quantitative estimate of drug-likeness (QED) is 0.711. The number of rotatable bonds is 5. The number of carbonyl (C=O) groups is 1. The lowest BCUT2D eigenvalue weighted by atomic mass is 9.91. The maximum atomic E-state index is 13.1. The molecule has 1 saturated carbocycles. The molecule has 0 bridgehead atoms. The zero-order valence-electron chi connectivity index (χ0n) is 18.4. The molecule has 0 saturated heterocycles. The van der Waals surface area contributed by atoms with Gasteiger partial charge in [-0.2, -0.15) is 4.98 Å². The molecule has 4 rings (SSSR count). The zero-order chi connectivity index (χ0) is 22.2. The van der Waals surface area contributed by atoms with Crippen molar-refractivity contribution in [1.82, 2.24) is 9.97 Å². The Hall–Kier alpha value is -3.23. The smallest absolute Gasteiger partial charge is 0.234 e. The van der Waals surface area contributed by atoms with Crippen molar-refractivity contribution in [3.8, 4) is 5.75 Å². The van der Waals surface area contributed by atoms with E-state index in [-0.39, 0.29) is 11.6 Å². The molecule has 1 aromatic carbocycles. The van der Waals surface area contributed by atoms with E-state index >= 15 is 0 Å². The van der Waals surface area contributed by atoms with Crippen LogP contribution in [0.2, 0.25) is 0 Å².